The van der Waals surface area contributed by atoms with E-state index in [-0.39, 0.29) is 22.8 Å². The summed E-state index contributed by atoms with van der Waals surface area (Å²) in [6.45, 7) is 4.51. The third-order valence-electron chi connectivity index (χ3n) is 2.32. The largest absolute Gasteiger partial charge is 0.506 e. The van der Waals surface area contributed by atoms with Gasteiger partial charge in [-0.2, -0.15) is 13.2 Å². The van der Waals surface area contributed by atoms with Crippen molar-refractivity contribution in [1.82, 2.24) is 5.32 Å². The normalized spacial score (nSPS) is 11.4. The van der Waals surface area contributed by atoms with Crippen molar-refractivity contribution in [2.75, 3.05) is 18.8 Å². The van der Waals surface area contributed by atoms with Crippen molar-refractivity contribution in [3.05, 3.63) is 27.3 Å². The zero-order chi connectivity index (χ0) is 16.0. The summed E-state index contributed by atoms with van der Waals surface area (Å²) >= 11 is 1.64. The van der Waals surface area contributed by atoms with Gasteiger partial charge in [0.15, 0.2) is 0 Å². The van der Waals surface area contributed by atoms with Crippen LogP contribution in [0.4, 0.5) is 13.2 Å². The fourth-order valence-electron chi connectivity index (χ4n) is 1.36. The minimum atomic E-state index is -4.57. The number of nitrogens with one attached hydrogen (secondary N) is 1. The second-order valence-electron chi connectivity index (χ2n) is 4.00. The number of rotatable bonds is 7. The highest BCUT2D eigenvalue weighted by molar-refractivity contribution is 8.03. The average Bonchev–Trinajstić information content (AvgIpc) is 2.77. The number of hydrogen-bond acceptors (Lipinski definition) is 5. The van der Waals surface area contributed by atoms with Gasteiger partial charge in [0.1, 0.15) is 15.5 Å². The molecule has 0 radical (unpaired) electrons. The van der Waals surface area contributed by atoms with Crippen molar-refractivity contribution in [3.63, 3.8) is 0 Å². The molecule has 0 unspecified atom stereocenters. The molecule has 1 amide bonds. The molecule has 118 valence electrons. The first-order chi connectivity index (χ1) is 9.75. The molecule has 0 aliphatic heterocycles. The fraction of sp³-hybridized carbons (Fsp3) is 0.417. The smallest absolute Gasteiger partial charge is 0.425 e. The number of thioether (sulfide) groups is 1. The van der Waals surface area contributed by atoms with Crippen molar-refractivity contribution in [3.8, 4) is 5.75 Å². The highest BCUT2D eigenvalue weighted by Crippen LogP contribution is 2.39. The second kappa shape index (κ2) is 7.71. The highest BCUT2D eigenvalue weighted by Gasteiger charge is 2.35. The van der Waals surface area contributed by atoms with E-state index in [0.29, 0.717) is 24.8 Å². The third-order valence-corrected chi connectivity index (χ3v) is 4.50. The zero-order valence-corrected chi connectivity index (χ0v) is 12.6. The predicted molar refractivity (Wildman–Crippen MR) is 78.6 cm³/mol. The standard InChI is InChI=1S/C12H15F3N2O2S2/c1-7(2-3-16)20-5-4-17-11(19)10-8(18)6-9(21-10)12(13,14)15/h6,18H,1-5,16H2,(H,17,19). The molecule has 1 aromatic rings. The molecule has 0 saturated heterocycles. The first kappa shape index (κ1) is 17.9. The lowest BCUT2D eigenvalue weighted by molar-refractivity contribution is -0.134. The molecule has 0 aromatic carbocycles. The van der Waals surface area contributed by atoms with E-state index in [2.05, 4.69) is 11.9 Å². The van der Waals surface area contributed by atoms with Gasteiger partial charge in [-0.25, -0.2) is 0 Å². The summed E-state index contributed by atoms with van der Waals surface area (Å²) in [6, 6.07) is 0.553. The predicted octanol–water partition coefficient (Wildman–Crippen LogP) is 2.80. The summed E-state index contributed by atoms with van der Waals surface area (Å²) in [7, 11) is 0. The van der Waals surface area contributed by atoms with Gasteiger partial charge in [-0.15, -0.1) is 23.1 Å². The van der Waals surface area contributed by atoms with Crippen LogP contribution in [0.5, 0.6) is 5.75 Å². The van der Waals surface area contributed by atoms with E-state index in [4.69, 9.17) is 5.73 Å². The van der Waals surface area contributed by atoms with Crippen molar-refractivity contribution >= 4 is 29.0 Å². The molecule has 21 heavy (non-hydrogen) atoms. The number of carbonyl (C=O) groups is 1. The molecule has 1 rings (SSSR count). The van der Waals surface area contributed by atoms with Gasteiger partial charge >= 0.3 is 6.18 Å². The van der Waals surface area contributed by atoms with Gasteiger partial charge in [0, 0.05) is 18.4 Å². The lowest BCUT2D eigenvalue weighted by atomic mass is 10.3. The first-order valence-electron chi connectivity index (χ1n) is 5.94. The Labute approximate surface area is 128 Å². The Morgan fingerprint density at radius 1 is 1.52 bits per heavy atom. The molecule has 0 aliphatic carbocycles. The maximum atomic E-state index is 12.5. The summed E-state index contributed by atoms with van der Waals surface area (Å²) in [4.78, 5) is 11.2. The van der Waals surface area contributed by atoms with Crippen LogP contribution in [0.3, 0.4) is 0 Å². The van der Waals surface area contributed by atoms with Crippen LogP contribution in [0, 0.1) is 0 Å². The van der Waals surface area contributed by atoms with Crippen LogP contribution in [0.25, 0.3) is 0 Å². The SMILES string of the molecule is C=C(CCN)SCCNC(=O)c1sc(C(F)(F)F)cc1O. The van der Waals surface area contributed by atoms with E-state index in [1.807, 2.05) is 0 Å². The molecule has 0 saturated carbocycles. The van der Waals surface area contributed by atoms with E-state index in [1.165, 1.54) is 11.8 Å². The van der Waals surface area contributed by atoms with Crippen LogP contribution in [-0.2, 0) is 6.18 Å². The maximum absolute atomic E-state index is 12.5. The Hall–Kier alpha value is -1.19. The Balaban J connectivity index is 2.49. The van der Waals surface area contributed by atoms with E-state index in [1.54, 1.807) is 0 Å². The number of aromatic hydroxyl groups is 1. The van der Waals surface area contributed by atoms with Crippen LogP contribution >= 0.6 is 23.1 Å². The Bertz CT molecular complexity index is 515. The first-order valence-corrected chi connectivity index (χ1v) is 7.74. The number of nitrogens with two attached hydrogens (primary N) is 1. The lowest BCUT2D eigenvalue weighted by Crippen LogP contribution is -2.25. The minimum Gasteiger partial charge on any atom is -0.506 e. The number of thiophene rings is 1. The van der Waals surface area contributed by atoms with Crippen LogP contribution in [0.15, 0.2) is 17.6 Å². The monoisotopic (exact) mass is 340 g/mol. The zero-order valence-electron chi connectivity index (χ0n) is 11.0. The van der Waals surface area contributed by atoms with Crippen LogP contribution in [0.2, 0.25) is 0 Å². The molecular weight excluding hydrogens is 325 g/mol. The highest BCUT2D eigenvalue weighted by atomic mass is 32.2. The lowest BCUT2D eigenvalue weighted by Gasteiger charge is -2.05. The van der Waals surface area contributed by atoms with Crippen LogP contribution < -0.4 is 11.1 Å². The number of hydrogen-bond donors (Lipinski definition) is 3. The van der Waals surface area contributed by atoms with E-state index < -0.39 is 22.7 Å². The molecule has 1 aromatic heterocycles. The maximum Gasteiger partial charge on any atom is 0.425 e. The van der Waals surface area contributed by atoms with Gasteiger partial charge < -0.3 is 16.2 Å². The molecule has 4 nitrogen and oxygen atoms in total. The molecular formula is C12H15F3N2O2S2. The summed E-state index contributed by atoms with van der Waals surface area (Å²) in [5, 5.41) is 11.8. The summed E-state index contributed by atoms with van der Waals surface area (Å²) in [6.07, 6.45) is -3.91. The quantitative estimate of drug-likeness (QED) is 0.667. The van der Waals surface area contributed by atoms with E-state index in [0.717, 1.165) is 4.91 Å². The van der Waals surface area contributed by atoms with E-state index >= 15 is 0 Å². The molecule has 0 spiro atoms. The van der Waals surface area contributed by atoms with Gasteiger partial charge in [-0.05, 0) is 17.9 Å². The summed E-state index contributed by atoms with van der Waals surface area (Å²) < 4.78 is 37.4. The number of carbonyl (C=O) groups excluding carboxylic acids is 1. The molecule has 4 N–H and O–H groups in total. The minimum absolute atomic E-state index is 0.219. The third kappa shape index (κ3) is 5.60. The summed E-state index contributed by atoms with van der Waals surface area (Å²) in [5.41, 5.74) is 5.35. The number of halogens is 3. The van der Waals surface area contributed by atoms with Gasteiger partial charge in [-0.1, -0.05) is 6.58 Å². The molecule has 1 heterocycles. The van der Waals surface area contributed by atoms with Crippen molar-refractivity contribution in [1.29, 1.82) is 0 Å². The van der Waals surface area contributed by atoms with E-state index in [9.17, 15) is 23.1 Å². The van der Waals surface area contributed by atoms with Crippen LogP contribution in [-0.4, -0.2) is 29.9 Å². The van der Waals surface area contributed by atoms with Crippen molar-refractivity contribution in [2.45, 2.75) is 12.6 Å². The Morgan fingerprint density at radius 2 is 2.19 bits per heavy atom. The molecule has 0 aliphatic rings. The number of amides is 1. The molecule has 0 fully saturated rings. The van der Waals surface area contributed by atoms with Gasteiger partial charge in [0.2, 0.25) is 0 Å². The van der Waals surface area contributed by atoms with Crippen LogP contribution in [0.1, 0.15) is 21.0 Å². The van der Waals surface area contributed by atoms with Gasteiger partial charge in [0.25, 0.3) is 5.91 Å². The Morgan fingerprint density at radius 3 is 2.71 bits per heavy atom. The molecule has 0 atom stereocenters. The summed E-state index contributed by atoms with van der Waals surface area (Å²) in [5.74, 6) is -0.855. The van der Waals surface area contributed by atoms with Crippen molar-refractivity contribution in [2.24, 2.45) is 5.73 Å². The second-order valence-corrected chi connectivity index (χ2v) is 6.33. The molecule has 0 bridgehead atoms. The van der Waals surface area contributed by atoms with Gasteiger partial charge in [0.05, 0.1) is 0 Å². The molecule has 9 heteroatoms. The van der Waals surface area contributed by atoms with Gasteiger partial charge in [-0.3, -0.25) is 4.79 Å². The Kier molecular flexibility index (Phi) is 6.56. The van der Waals surface area contributed by atoms with Crippen molar-refractivity contribution < 1.29 is 23.1 Å². The average molecular weight is 340 g/mol. The topological polar surface area (TPSA) is 75.3 Å². The number of alkyl halides is 3. The fourth-order valence-corrected chi connectivity index (χ4v) is 2.95.